The highest BCUT2D eigenvalue weighted by Gasteiger charge is 2.29. The maximum Gasteiger partial charge on any atom is 0.200 e. The molecule has 5 nitrogen and oxygen atoms in total. The molecule has 2 aromatic carbocycles. The van der Waals surface area contributed by atoms with Crippen LogP contribution >= 0.6 is 0 Å². The molecular weight excluding hydrogens is 332 g/mol. The summed E-state index contributed by atoms with van der Waals surface area (Å²) in [6, 6.07) is 7.45. The van der Waals surface area contributed by atoms with Crippen molar-refractivity contribution >= 4 is 6.08 Å². The smallest absolute Gasteiger partial charge is 0.200 e. The first kappa shape index (κ1) is 16.6. The first-order valence-electron chi connectivity index (χ1n) is 8.65. The van der Waals surface area contributed by atoms with E-state index in [1.54, 1.807) is 12.1 Å². The van der Waals surface area contributed by atoms with Gasteiger partial charge in [-0.05, 0) is 44.0 Å². The van der Waals surface area contributed by atoms with Crippen LogP contribution in [-0.2, 0) is 6.42 Å². The molecule has 2 aliphatic heterocycles. The van der Waals surface area contributed by atoms with Crippen molar-refractivity contribution in [3.63, 3.8) is 0 Å². The van der Waals surface area contributed by atoms with Crippen molar-refractivity contribution in [1.29, 1.82) is 0 Å². The van der Waals surface area contributed by atoms with E-state index in [9.17, 15) is 10.2 Å². The molecule has 0 aromatic heterocycles. The fraction of sp³-hybridized carbons (Fsp3) is 0.333. The summed E-state index contributed by atoms with van der Waals surface area (Å²) in [5.41, 5.74) is 2.40. The van der Waals surface area contributed by atoms with Crippen LogP contribution in [0.15, 0.2) is 30.3 Å². The standard InChI is InChI=1S/C21H22O5/c1-21(2)7-6-12-8-13-9-14(11-25-17(13)10-18(12)26-21)15-4-5-16(24-3)20(23)19(15)22/h4-8,10,14,22-23H,9,11H2,1-3H3/t14-/m0/s1. The normalized spacial score (nSPS) is 19.7. The lowest BCUT2D eigenvalue weighted by atomic mass is 9.88. The van der Waals surface area contributed by atoms with Crippen molar-refractivity contribution < 1.29 is 24.4 Å². The zero-order valence-electron chi connectivity index (χ0n) is 15.1. The summed E-state index contributed by atoms with van der Waals surface area (Å²) in [5, 5.41) is 20.4. The quantitative estimate of drug-likeness (QED) is 0.798. The lowest BCUT2D eigenvalue weighted by molar-refractivity contribution is 0.157. The molecule has 0 amide bonds. The van der Waals surface area contributed by atoms with Gasteiger partial charge >= 0.3 is 0 Å². The molecule has 0 radical (unpaired) electrons. The van der Waals surface area contributed by atoms with Crippen LogP contribution in [-0.4, -0.2) is 29.5 Å². The van der Waals surface area contributed by atoms with E-state index in [0.717, 1.165) is 22.6 Å². The summed E-state index contributed by atoms with van der Waals surface area (Å²) in [6.07, 6.45) is 4.81. The number of phenols is 2. The molecule has 1 atom stereocenters. The van der Waals surface area contributed by atoms with E-state index in [0.29, 0.717) is 18.6 Å². The van der Waals surface area contributed by atoms with E-state index in [2.05, 4.69) is 12.1 Å². The maximum absolute atomic E-state index is 10.3. The molecule has 2 aliphatic rings. The summed E-state index contributed by atoms with van der Waals surface area (Å²) < 4.78 is 17.0. The van der Waals surface area contributed by atoms with E-state index in [1.807, 2.05) is 26.0 Å². The first-order chi connectivity index (χ1) is 12.4. The van der Waals surface area contributed by atoms with E-state index < -0.39 is 0 Å². The molecule has 0 aliphatic carbocycles. The molecule has 0 fully saturated rings. The van der Waals surface area contributed by atoms with Gasteiger partial charge in [0.2, 0.25) is 5.75 Å². The van der Waals surface area contributed by atoms with Gasteiger partial charge in [-0.1, -0.05) is 12.1 Å². The predicted octanol–water partition coefficient (Wildman–Crippen LogP) is 4.01. The predicted molar refractivity (Wildman–Crippen MR) is 98.4 cm³/mol. The molecule has 0 unspecified atom stereocenters. The minimum atomic E-state index is -0.329. The average molecular weight is 354 g/mol. The van der Waals surface area contributed by atoms with E-state index in [-0.39, 0.29) is 28.8 Å². The second-order valence-electron chi connectivity index (χ2n) is 7.30. The second kappa shape index (κ2) is 5.87. The Balaban J connectivity index is 1.66. The van der Waals surface area contributed by atoms with Gasteiger partial charge in [-0.3, -0.25) is 0 Å². The Kier molecular flexibility index (Phi) is 3.75. The molecule has 5 heteroatoms. The van der Waals surface area contributed by atoms with Gasteiger partial charge in [0.05, 0.1) is 13.7 Å². The van der Waals surface area contributed by atoms with Crippen molar-refractivity contribution in [2.24, 2.45) is 0 Å². The summed E-state index contributed by atoms with van der Waals surface area (Å²) >= 11 is 0. The number of hydrogen-bond acceptors (Lipinski definition) is 5. The third-order valence-corrected chi connectivity index (χ3v) is 4.94. The third-order valence-electron chi connectivity index (χ3n) is 4.94. The number of fused-ring (bicyclic) bond motifs is 2. The summed E-state index contributed by atoms with van der Waals surface area (Å²) in [5.74, 6) is 1.44. The monoisotopic (exact) mass is 354 g/mol. The van der Waals surface area contributed by atoms with Crippen LogP contribution in [0.3, 0.4) is 0 Å². The number of ether oxygens (including phenoxy) is 3. The third kappa shape index (κ3) is 2.73. The molecular formula is C21H22O5. The van der Waals surface area contributed by atoms with Crippen LogP contribution in [0.4, 0.5) is 0 Å². The van der Waals surface area contributed by atoms with Gasteiger partial charge in [-0.15, -0.1) is 0 Å². The zero-order valence-corrected chi connectivity index (χ0v) is 15.1. The zero-order chi connectivity index (χ0) is 18.5. The van der Waals surface area contributed by atoms with Crippen molar-refractivity contribution in [3.8, 4) is 28.7 Å². The number of aromatic hydroxyl groups is 2. The first-order valence-corrected chi connectivity index (χ1v) is 8.65. The summed E-state index contributed by atoms with van der Waals surface area (Å²) in [4.78, 5) is 0. The molecule has 4 rings (SSSR count). The molecule has 2 heterocycles. The topological polar surface area (TPSA) is 68.2 Å². The van der Waals surface area contributed by atoms with Crippen LogP contribution < -0.4 is 14.2 Å². The lowest BCUT2D eigenvalue weighted by Gasteiger charge is -2.31. The lowest BCUT2D eigenvalue weighted by Crippen LogP contribution is -2.28. The SMILES string of the molecule is COc1ccc([C@@H]2COc3cc4c(cc3C2)C=CC(C)(C)O4)c(O)c1O. The Morgan fingerprint density at radius 3 is 2.69 bits per heavy atom. The van der Waals surface area contributed by atoms with Crippen molar-refractivity contribution in [2.75, 3.05) is 13.7 Å². The Morgan fingerprint density at radius 2 is 1.92 bits per heavy atom. The number of methoxy groups -OCH3 is 1. The number of benzene rings is 2. The van der Waals surface area contributed by atoms with Crippen LogP contribution in [0.1, 0.15) is 36.5 Å². The Morgan fingerprint density at radius 1 is 1.12 bits per heavy atom. The van der Waals surface area contributed by atoms with Gasteiger partial charge in [0.1, 0.15) is 17.1 Å². The molecule has 2 aromatic rings. The van der Waals surface area contributed by atoms with Crippen LogP contribution in [0.2, 0.25) is 0 Å². The van der Waals surface area contributed by atoms with Gasteiger partial charge in [-0.2, -0.15) is 0 Å². The molecule has 0 bridgehead atoms. The van der Waals surface area contributed by atoms with E-state index in [1.165, 1.54) is 7.11 Å². The van der Waals surface area contributed by atoms with Crippen LogP contribution in [0, 0.1) is 0 Å². The molecule has 136 valence electrons. The molecule has 2 N–H and O–H groups in total. The number of hydrogen-bond donors (Lipinski definition) is 2. The fourth-order valence-electron chi connectivity index (χ4n) is 3.53. The molecule has 0 saturated carbocycles. The van der Waals surface area contributed by atoms with Crippen molar-refractivity contribution in [3.05, 3.63) is 47.0 Å². The Hall–Kier alpha value is -2.82. The van der Waals surface area contributed by atoms with Gasteiger partial charge in [0.25, 0.3) is 0 Å². The van der Waals surface area contributed by atoms with Crippen LogP contribution in [0.25, 0.3) is 6.08 Å². The number of phenolic OH excluding ortho intramolecular Hbond substituents is 2. The minimum Gasteiger partial charge on any atom is -0.504 e. The van der Waals surface area contributed by atoms with E-state index in [4.69, 9.17) is 14.2 Å². The average Bonchev–Trinajstić information content (AvgIpc) is 2.61. The fourth-order valence-corrected chi connectivity index (χ4v) is 3.53. The van der Waals surface area contributed by atoms with Gasteiger partial charge < -0.3 is 24.4 Å². The summed E-state index contributed by atoms with van der Waals surface area (Å²) in [6.45, 7) is 4.45. The molecule has 0 spiro atoms. The highest BCUT2D eigenvalue weighted by Crippen LogP contribution is 2.45. The molecule has 0 saturated heterocycles. The van der Waals surface area contributed by atoms with Crippen molar-refractivity contribution in [1.82, 2.24) is 0 Å². The van der Waals surface area contributed by atoms with Gasteiger partial charge in [0.15, 0.2) is 11.5 Å². The molecule has 26 heavy (non-hydrogen) atoms. The summed E-state index contributed by atoms with van der Waals surface area (Å²) in [7, 11) is 1.45. The largest absolute Gasteiger partial charge is 0.504 e. The Labute approximate surface area is 152 Å². The number of rotatable bonds is 2. The van der Waals surface area contributed by atoms with Crippen molar-refractivity contribution in [2.45, 2.75) is 31.8 Å². The second-order valence-corrected chi connectivity index (χ2v) is 7.30. The highest BCUT2D eigenvalue weighted by atomic mass is 16.5. The minimum absolute atomic E-state index is 0.0534. The Bertz CT molecular complexity index is 898. The maximum atomic E-state index is 10.3. The highest BCUT2D eigenvalue weighted by molar-refractivity contribution is 5.65. The van der Waals surface area contributed by atoms with Gasteiger partial charge in [0, 0.05) is 23.1 Å². The van der Waals surface area contributed by atoms with E-state index >= 15 is 0 Å². The van der Waals surface area contributed by atoms with Gasteiger partial charge in [-0.25, -0.2) is 0 Å². The van der Waals surface area contributed by atoms with Crippen LogP contribution in [0.5, 0.6) is 28.7 Å².